The fourth-order valence-electron chi connectivity index (χ4n) is 2.57. The highest BCUT2D eigenvalue weighted by atomic mass is 16.7. The van der Waals surface area contributed by atoms with E-state index in [9.17, 15) is 0 Å². The molecule has 19 heavy (non-hydrogen) atoms. The van der Waals surface area contributed by atoms with Crippen LogP contribution >= 0.6 is 0 Å². The first-order valence-corrected chi connectivity index (χ1v) is 6.91. The van der Waals surface area contributed by atoms with Crippen molar-refractivity contribution < 1.29 is 9.31 Å². The van der Waals surface area contributed by atoms with Crippen molar-refractivity contribution in [3.8, 4) is 0 Å². The molecule has 2 heterocycles. The first-order chi connectivity index (χ1) is 8.91. The molecule has 0 saturated carbocycles. The van der Waals surface area contributed by atoms with E-state index in [0.29, 0.717) is 0 Å². The van der Waals surface area contributed by atoms with Crippen molar-refractivity contribution in [2.75, 3.05) is 0 Å². The molecule has 1 saturated heterocycles. The summed E-state index contributed by atoms with van der Waals surface area (Å²) in [5.74, 6) is 0. The molecule has 0 amide bonds. The summed E-state index contributed by atoms with van der Waals surface area (Å²) in [5, 5.41) is 0. The minimum absolute atomic E-state index is 0.284. The molecule has 0 unspecified atom stereocenters. The topological polar surface area (TPSA) is 31.4 Å². The predicted octanol–water partition coefficient (Wildman–Crippen LogP) is 3.04. The van der Waals surface area contributed by atoms with E-state index in [2.05, 4.69) is 44.8 Å². The van der Waals surface area contributed by atoms with E-state index in [1.165, 1.54) is 5.56 Å². The standard InChI is InChI=1S/C15H20BNO2/c1-14(2)15(3,4)19-16(18-14)12-8-5-9-13-11(12)7-6-10-17-13/h6-8,10H,5,9H2,1-4H3. The molecule has 0 aromatic carbocycles. The van der Waals surface area contributed by atoms with Crippen molar-refractivity contribution in [2.45, 2.75) is 51.7 Å². The second-order valence-electron chi connectivity index (χ2n) is 6.28. The maximum absolute atomic E-state index is 6.14. The van der Waals surface area contributed by atoms with Crippen molar-refractivity contribution in [3.63, 3.8) is 0 Å². The van der Waals surface area contributed by atoms with Crippen LogP contribution in [0.5, 0.6) is 0 Å². The van der Waals surface area contributed by atoms with Gasteiger partial charge in [0.15, 0.2) is 0 Å². The van der Waals surface area contributed by atoms with E-state index in [1.807, 2.05) is 12.3 Å². The van der Waals surface area contributed by atoms with Crippen LogP contribution in [0.3, 0.4) is 0 Å². The molecule has 1 fully saturated rings. The van der Waals surface area contributed by atoms with E-state index in [4.69, 9.17) is 9.31 Å². The Morgan fingerprint density at radius 2 is 1.84 bits per heavy atom. The van der Waals surface area contributed by atoms with Crippen molar-refractivity contribution in [3.05, 3.63) is 35.7 Å². The van der Waals surface area contributed by atoms with E-state index >= 15 is 0 Å². The summed E-state index contributed by atoms with van der Waals surface area (Å²) in [6.07, 6.45) is 6.08. The van der Waals surface area contributed by atoms with Crippen LogP contribution in [0.1, 0.15) is 45.4 Å². The average Bonchev–Trinajstić information content (AvgIpc) is 2.58. The normalized spacial score (nSPS) is 24.0. The second-order valence-corrected chi connectivity index (χ2v) is 6.28. The fraction of sp³-hybridized carbons (Fsp3) is 0.533. The number of rotatable bonds is 1. The zero-order chi connectivity index (χ0) is 13.7. The van der Waals surface area contributed by atoms with Crippen LogP contribution in [0.2, 0.25) is 0 Å². The maximum atomic E-state index is 6.14. The molecule has 1 aliphatic heterocycles. The molecule has 0 bridgehead atoms. The number of allylic oxidation sites excluding steroid dienone is 1. The van der Waals surface area contributed by atoms with E-state index in [0.717, 1.165) is 24.0 Å². The third kappa shape index (κ3) is 2.03. The Labute approximate surface area is 115 Å². The third-order valence-corrected chi connectivity index (χ3v) is 4.45. The molecule has 2 aliphatic rings. The number of hydrogen-bond acceptors (Lipinski definition) is 3. The minimum atomic E-state index is -0.293. The summed E-state index contributed by atoms with van der Waals surface area (Å²) >= 11 is 0. The van der Waals surface area contributed by atoms with Crippen LogP contribution in [-0.4, -0.2) is 23.3 Å². The van der Waals surface area contributed by atoms with Gasteiger partial charge < -0.3 is 9.31 Å². The number of hydrogen-bond donors (Lipinski definition) is 0. The van der Waals surface area contributed by atoms with Gasteiger partial charge >= 0.3 is 7.12 Å². The Morgan fingerprint density at radius 1 is 1.16 bits per heavy atom. The van der Waals surface area contributed by atoms with Crippen LogP contribution in [0.15, 0.2) is 24.4 Å². The lowest BCUT2D eigenvalue weighted by molar-refractivity contribution is 0.00578. The van der Waals surface area contributed by atoms with E-state index < -0.39 is 0 Å². The first kappa shape index (κ1) is 12.9. The lowest BCUT2D eigenvalue weighted by atomic mass is 9.71. The number of fused-ring (bicyclic) bond motifs is 1. The molecule has 0 atom stereocenters. The molecule has 3 nitrogen and oxygen atoms in total. The lowest BCUT2D eigenvalue weighted by Gasteiger charge is -2.32. The Morgan fingerprint density at radius 3 is 2.53 bits per heavy atom. The van der Waals surface area contributed by atoms with Crippen LogP contribution in [-0.2, 0) is 15.7 Å². The molecule has 0 spiro atoms. The summed E-state index contributed by atoms with van der Waals surface area (Å²) < 4.78 is 12.3. The van der Waals surface area contributed by atoms with Gasteiger partial charge in [-0.3, -0.25) is 4.98 Å². The molecule has 1 aromatic heterocycles. The second kappa shape index (κ2) is 4.19. The largest absolute Gasteiger partial charge is 0.495 e. The van der Waals surface area contributed by atoms with Gasteiger partial charge in [0.05, 0.1) is 11.2 Å². The molecular weight excluding hydrogens is 237 g/mol. The fourth-order valence-corrected chi connectivity index (χ4v) is 2.57. The van der Waals surface area contributed by atoms with Gasteiger partial charge in [-0.05, 0) is 57.6 Å². The van der Waals surface area contributed by atoms with Gasteiger partial charge in [0.1, 0.15) is 0 Å². The minimum Gasteiger partial charge on any atom is -0.399 e. The molecule has 3 rings (SSSR count). The Balaban J connectivity index is 1.95. The Hall–Kier alpha value is -1.13. The molecule has 0 radical (unpaired) electrons. The SMILES string of the molecule is CC1(C)OB(C2=CCCc3ncccc32)OC1(C)C. The highest BCUT2D eigenvalue weighted by Gasteiger charge is 2.52. The smallest absolute Gasteiger partial charge is 0.399 e. The van der Waals surface area contributed by atoms with Gasteiger partial charge in [-0.2, -0.15) is 0 Å². The van der Waals surface area contributed by atoms with Crippen molar-refractivity contribution >= 4 is 12.6 Å². The first-order valence-electron chi connectivity index (χ1n) is 6.91. The van der Waals surface area contributed by atoms with Crippen molar-refractivity contribution in [1.29, 1.82) is 0 Å². The number of nitrogens with zero attached hydrogens (tertiary/aromatic N) is 1. The highest BCUT2D eigenvalue weighted by Crippen LogP contribution is 2.41. The zero-order valence-corrected chi connectivity index (χ0v) is 12.1. The summed E-state index contributed by atoms with van der Waals surface area (Å²) in [6.45, 7) is 8.34. The van der Waals surface area contributed by atoms with Crippen LogP contribution in [0.25, 0.3) is 5.47 Å². The Bertz CT molecular complexity index is 521. The van der Waals surface area contributed by atoms with Gasteiger partial charge in [0.25, 0.3) is 0 Å². The van der Waals surface area contributed by atoms with Crippen LogP contribution < -0.4 is 0 Å². The zero-order valence-electron chi connectivity index (χ0n) is 12.1. The average molecular weight is 257 g/mol. The Kier molecular flexibility index (Phi) is 2.84. The van der Waals surface area contributed by atoms with Crippen molar-refractivity contribution in [1.82, 2.24) is 4.98 Å². The molecule has 4 heteroatoms. The summed E-state index contributed by atoms with van der Waals surface area (Å²) in [5.41, 5.74) is 2.87. The molecular formula is C15H20BNO2. The predicted molar refractivity (Wildman–Crippen MR) is 76.6 cm³/mol. The van der Waals surface area contributed by atoms with Crippen LogP contribution in [0, 0.1) is 0 Å². The van der Waals surface area contributed by atoms with Gasteiger partial charge in [0, 0.05) is 11.9 Å². The number of pyridine rings is 1. The molecule has 1 aromatic rings. The maximum Gasteiger partial charge on any atom is 0.495 e. The molecule has 1 aliphatic carbocycles. The van der Waals surface area contributed by atoms with Gasteiger partial charge in [-0.1, -0.05) is 12.1 Å². The van der Waals surface area contributed by atoms with Crippen molar-refractivity contribution in [2.24, 2.45) is 0 Å². The quantitative estimate of drug-likeness (QED) is 0.724. The number of aromatic nitrogens is 1. The summed E-state index contributed by atoms with van der Waals surface area (Å²) in [7, 11) is -0.284. The molecule has 100 valence electrons. The summed E-state index contributed by atoms with van der Waals surface area (Å²) in [4.78, 5) is 4.46. The highest BCUT2D eigenvalue weighted by molar-refractivity contribution is 6.69. The van der Waals surface area contributed by atoms with Crippen LogP contribution in [0.4, 0.5) is 0 Å². The van der Waals surface area contributed by atoms with Gasteiger partial charge in [0.2, 0.25) is 0 Å². The van der Waals surface area contributed by atoms with E-state index in [-0.39, 0.29) is 18.3 Å². The monoisotopic (exact) mass is 257 g/mol. The van der Waals surface area contributed by atoms with Gasteiger partial charge in [-0.25, -0.2) is 0 Å². The number of aryl methyl sites for hydroxylation is 1. The summed E-state index contributed by atoms with van der Waals surface area (Å²) in [6, 6.07) is 4.08. The lowest BCUT2D eigenvalue weighted by Crippen LogP contribution is -2.41. The van der Waals surface area contributed by atoms with Gasteiger partial charge in [-0.15, -0.1) is 0 Å². The molecule has 0 N–H and O–H groups in total. The third-order valence-electron chi connectivity index (χ3n) is 4.45. The van der Waals surface area contributed by atoms with E-state index in [1.54, 1.807) is 0 Å².